The summed E-state index contributed by atoms with van der Waals surface area (Å²) in [5.41, 5.74) is 13.3. The van der Waals surface area contributed by atoms with Gasteiger partial charge in [-0.05, 0) is 59.2 Å². The highest BCUT2D eigenvalue weighted by molar-refractivity contribution is 6.18. The molecule has 258 valence electrons. The molecule has 5 aromatic carbocycles. The number of aromatic nitrogens is 5. The van der Waals surface area contributed by atoms with Crippen LogP contribution in [0.4, 0.5) is 0 Å². The van der Waals surface area contributed by atoms with Gasteiger partial charge in [0.25, 0.3) is 0 Å². The van der Waals surface area contributed by atoms with Crippen molar-refractivity contribution in [1.29, 1.82) is 0 Å². The Hall–Kier alpha value is -7.57. The Bertz CT molecular complexity index is 2880. The molecule has 0 amide bonds. The van der Waals surface area contributed by atoms with Crippen molar-refractivity contribution in [1.82, 2.24) is 24.9 Å². The lowest BCUT2D eigenvalue weighted by atomic mass is 9.94. The van der Waals surface area contributed by atoms with Crippen molar-refractivity contribution in [3.63, 3.8) is 0 Å². The molecule has 5 aromatic heterocycles. The first-order valence-corrected chi connectivity index (χ1v) is 18.1. The predicted octanol–water partition coefficient (Wildman–Crippen LogP) is 12.2. The third kappa shape index (κ3) is 6.02. The summed E-state index contributed by atoms with van der Waals surface area (Å²) in [5.74, 6) is 1.46. The van der Waals surface area contributed by atoms with Crippen LogP contribution >= 0.6 is 0 Å². The lowest BCUT2D eigenvalue weighted by Crippen LogP contribution is -1.95. The monoisotopic (exact) mass is 705 g/mol. The highest BCUT2D eigenvalue weighted by Crippen LogP contribution is 2.47. The average Bonchev–Trinajstić information content (AvgIpc) is 3.69. The number of hydrogen-bond acceptors (Lipinski definition) is 6. The first kappa shape index (κ1) is 32.1. The Labute approximate surface area is 317 Å². The number of rotatable bonds is 7. The number of furan rings is 1. The van der Waals surface area contributed by atoms with Gasteiger partial charge in [0.2, 0.25) is 0 Å². The highest BCUT2D eigenvalue weighted by Gasteiger charge is 2.24. The highest BCUT2D eigenvalue weighted by atomic mass is 16.3. The Kier molecular flexibility index (Phi) is 8.04. The van der Waals surface area contributed by atoms with Crippen LogP contribution in [0.5, 0.6) is 0 Å². The second-order valence-electron chi connectivity index (χ2n) is 13.3. The molecule has 0 spiro atoms. The van der Waals surface area contributed by atoms with Gasteiger partial charge in [0.05, 0.1) is 16.9 Å². The number of nitrogens with zero attached hydrogens (tertiary/aromatic N) is 5. The van der Waals surface area contributed by atoms with Gasteiger partial charge in [-0.15, -0.1) is 0 Å². The van der Waals surface area contributed by atoms with Crippen LogP contribution in [0, 0.1) is 0 Å². The summed E-state index contributed by atoms with van der Waals surface area (Å²) in [6.45, 7) is 0. The number of fused-ring (bicyclic) bond motifs is 3. The molecule has 0 aliphatic heterocycles. The third-order valence-corrected chi connectivity index (χ3v) is 9.92. The van der Waals surface area contributed by atoms with Crippen molar-refractivity contribution in [2.45, 2.75) is 0 Å². The van der Waals surface area contributed by atoms with Gasteiger partial charge in [0.15, 0.2) is 11.4 Å². The van der Waals surface area contributed by atoms with Crippen LogP contribution in [0.1, 0.15) is 0 Å². The minimum Gasteiger partial charge on any atom is -0.453 e. The molecule has 0 saturated carbocycles. The molecule has 0 unspecified atom stereocenters. The summed E-state index contributed by atoms with van der Waals surface area (Å²) in [7, 11) is 0. The standard InChI is InChI=1S/C49H31N5O/c1-4-10-33(11-5-1)42-31-43(54-49(53-42)38-14-8-3-9-15-38)34-18-16-32(17-19-34)39-20-21-41-40(30-39)45-44(35-22-26-50-27-23-35)47(37-24-28-51-29-25-37)55-48(45)46(52-41)36-12-6-2-7-13-36/h1-31H. The van der Waals surface area contributed by atoms with Gasteiger partial charge >= 0.3 is 0 Å². The van der Waals surface area contributed by atoms with Crippen LogP contribution in [-0.2, 0) is 0 Å². The molecule has 10 rings (SSSR count). The normalized spacial score (nSPS) is 11.3. The fourth-order valence-electron chi connectivity index (χ4n) is 7.23. The van der Waals surface area contributed by atoms with Crippen molar-refractivity contribution in [2.24, 2.45) is 0 Å². The summed E-state index contributed by atoms with van der Waals surface area (Å²) >= 11 is 0. The van der Waals surface area contributed by atoms with E-state index in [9.17, 15) is 0 Å². The Balaban J connectivity index is 1.14. The van der Waals surface area contributed by atoms with E-state index in [-0.39, 0.29) is 0 Å². The molecule has 0 aliphatic carbocycles. The average molecular weight is 706 g/mol. The molecule has 0 N–H and O–H groups in total. The van der Waals surface area contributed by atoms with Gasteiger partial charge in [-0.25, -0.2) is 15.0 Å². The lowest BCUT2D eigenvalue weighted by molar-refractivity contribution is 0.632. The van der Waals surface area contributed by atoms with Gasteiger partial charge in [-0.1, -0.05) is 121 Å². The Morgan fingerprint density at radius 2 is 0.909 bits per heavy atom. The second-order valence-corrected chi connectivity index (χ2v) is 13.3. The maximum absolute atomic E-state index is 6.90. The Morgan fingerprint density at radius 1 is 0.382 bits per heavy atom. The molecule has 6 nitrogen and oxygen atoms in total. The summed E-state index contributed by atoms with van der Waals surface area (Å²) in [5, 5.41) is 2.01. The minimum atomic E-state index is 0.693. The van der Waals surface area contributed by atoms with E-state index in [1.807, 2.05) is 103 Å². The summed E-state index contributed by atoms with van der Waals surface area (Å²) in [6.07, 6.45) is 7.23. The molecule has 0 bridgehead atoms. The molecule has 0 radical (unpaired) electrons. The second kappa shape index (κ2) is 13.8. The molecular weight excluding hydrogens is 675 g/mol. The van der Waals surface area contributed by atoms with Gasteiger partial charge in [0, 0.05) is 68.9 Å². The fourth-order valence-corrected chi connectivity index (χ4v) is 7.23. The summed E-state index contributed by atoms with van der Waals surface area (Å²) in [6, 6.07) is 55.8. The zero-order valence-corrected chi connectivity index (χ0v) is 29.5. The smallest absolute Gasteiger partial charge is 0.162 e. The van der Waals surface area contributed by atoms with Crippen LogP contribution in [0.3, 0.4) is 0 Å². The Morgan fingerprint density at radius 3 is 1.55 bits per heavy atom. The topological polar surface area (TPSA) is 77.6 Å². The maximum Gasteiger partial charge on any atom is 0.162 e. The van der Waals surface area contributed by atoms with E-state index in [4.69, 9.17) is 19.4 Å². The van der Waals surface area contributed by atoms with E-state index in [1.165, 1.54) is 0 Å². The van der Waals surface area contributed by atoms with Gasteiger partial charge in [-0.2, -0.15) is 0 Å². The minimum absolute atomic E-state index is 0.693. The predicted molar refractivity (Wildman–Crippen MR) is 221 cm³/mol. The van der Waals surface area contributed by atoms with E-state index >= 15 is 0 Å². The molecule has 0 atom stereocenters. The molecule has 5 heterocycles. The molecule has 6 heteroatoms. The van der Waals surface area contributed by atoms with Crippen molar-refractivity contribution < 1.29 is 4.42 Å². The first-order valence-electron chi connectivity index (χ1n) is 18.1. The van der Waals surface area contributed by atoms with E-state index < -0.39 is 0 Å². The molecule has 0 aliphatic rings. The number of hydrogen-bond donors (Lipinski definition) is 0. The number of pyridine rings is 3. The summed E-state index contributed by atoms with van der Waals surface area (Å²) < 4.78 is 6.90. The van der Waals surface area contributed by atoms with Gasteiger partial charge < -0.3 is 4.42 Å². The van der Waals surface area contributed by atoms with Crippen LogP contribution in [-0.4, -0.2) is 24.9 Å². The molecule has 10 aromatic rings. The number of benzene rings is 5. The fraction of sp³-hybridized carbons (Fsp3) is 0. The molecule has 0 saturated heterocycles. The van der Waals surface area contributed by atoms with E-state index in [0.717, 1.165) is 94.8 Å². The largest absolute Gasteiger partial charge is 0.453 e. The van der Waals surface area contributed by atoms with Crippen molar-refractivity contribution >= 4 is 21.9 Å². The quantitative estimate of drug-likeness (QED) is 0.164. The zero-order valence-electron chi connectivity index (χ0n) is 29.5. The van der Waals surface area contributed by atoms with Crippen LogP contribution in [0.25, 0.3) is 101 Å². The third-order valence-electron chi connectivity index (χ3n) is 9.92. The van der Waals surface area contributed by atoms with Crippen LogP contribution in [0.2, 0.25) is 0 Å². The van der Waals surface area contributed by atoms with E-state index in [0.29, 0.717) is 5.82 Å². The van der Waals surface area contributed by atoms with Crippen LogP contribution < -0.4 is 0 Å². The van der Waals surface area contributed by atoms with Crippen molar-refractivity contribution in [3.05, 3.63) is 189 Å². The van der Waals surface area contributed by atoms with Crippen molar-refractivity contribution in [2.75, 3.05) is 0 Å². The zero-order chi connectivity index (χ0) is 36.6. The molecule has 0 fully saturated rings. The SMILES string of the molecule is c1ccc(-c2cc(-c3ccc(-c4ccc5nc(-c6ccccc6)c6oc(-c7ccncc7)c(-c7ccncc7)c6c5c4)cc3)nc(-c3ccccc3)n2)cc1. The van der Waals surface area contributed by atoms with Crippen molar-refractivity contribution in [3.8, 4) is 78.7 Å². The van der Waals surface area contributed by atoms with Gasteiger partial charge in [-0.3, -0.25) is 9.97 Å². The molecular formula is C49H31N5O. The summed E-state index contributed by atoms with van der Waals surface area (Å²) in [4.78, 5) is 23.8. The lowest BCUT2D eigenvalue weighted by Gasteiger charge is -2.11. The van der Waals surface area contributed by atoms with Gasteiger partial charge in [0.1, 0.15) is 11.5 Å². The van der Waals surface area contributed by atoms with E-state index in [2.05, 4.69) is 82.8 Å². The maximum atomic E-state index is 6.90. The van der Waals surface area contributed by atoms with E-state index in [1.54, 1.807) is 12.4 Å². The first-order chi connectivity index (χ1) is 27.3. The van der Waals surface area contributed by atoms with Crippen LogP contribution in [0.15, 0.2) is 193 Å². The molecule has 55 heavy (non-hydrogen) atoms.